The zero-order valence-corrected chi connectivity index (χ0v) is 10.4. The molecule has 0 aliphatic carbocycles. The summed E-state index contributed by atoms with van der Waals surface area (Å²) < 4.78 is 5.31. The maximum absolute atomic E-state index is 5.31. The standard InChI is InChI=1S/C11H16N2OSi/c1-15(2,3)10-5-4-9-14-11-12-7-6-8-13-11/h6-8H,4,9H2,1-3H3. The van der Waals surface area contributed by atoms with Crippen LogP contribution >= 0.6 is 0 Å². The SMILES string of the molecule is C[Si](C)(C)C#CCCOc1ncccn1. The van der Waals surface area contributed by atoms with Crippen LogP contribution in [-0.4, -0.2) is 24.6 Å². The molecular formula is C11H16N2OSi. The molecule has 1 rings (SSSR count). The van der Waals surface area contributed by atoms with Gasteiger partial charge in [0.15, 0.2) is 0 Å². The fourth-order valence-electron chi connectivity index (χ4n) is 0.881. The molecule has 1 aromatic heterocycles. The molecule has 0 fully saturated rings. The number of ether oxygens (including phenoxy) is 1. The molecule has 0 aromatic carbocycles. The zero-order chi connectivity index (χ0) is 11.1. The molecule has 0 amide bonds. The van der Waals surface area contributed by atoms with E-state index in [1.54, 1.807) is 18.5 Å². The van der Waals surface area contributed by atoms with Crippen molar-refractivity contribution >= 4 is 8.07 Å². The topological polar surface area (TPSA) is 35.0 Å². The largest absolute Gasteiger partial charge is 0.462 e. The lowest BCUT2D eigenvalue weighted by molar-refractivity contribution is 0.301. The molecule has 0 bridgehead atoms. The molecule has 0 aliphatic heterocycles. The summed E-state index contributed by atoms with van der Waals surface area (Å²) >= 11 is 0. The lowest BCUT2D eigenvalue weighted by Crippen LogP contribution is -2.16. The van der Waals surface area contributed by atoms with Crippen molar-refractivity contribution in [3.8, 4) is 17.5 Å². The Bertz CT molecular complexity index is 348. The first kappa shape index (κ1) is 11.7. The second-order valence-corrected chi connectivity index (χ2v) is 8.93. The van der Waals surface area contributed by atoms with Crippen LogP contribution in [0.2, 0.25) is 19.6 Å². The van der Waals surface area contributed by atoms with Crippen LogP contribution in [0.4, 0.5) is 0 Å². The average molecular weight is 220 g/mol. The fourth-order valence-corrected chi connectivity index (χ4v) is 1.54. The van der Waals surface area contributed by atoms with Crippen LogP contribution in [0.25, 0.3) is 0 Å². The Balaban J connectivity index is 2.25. The van der Waals surface area contributed by atoms with E-state index in [0.717, 1.165) is 6.42 Å². The normalized spacial score (nSPS) is 10.3. The molecule has 15 heavy (non-hydrogen) atoms. The van der Waals surface area contributed by atoms with Crippen molar-refractivity contribution in [2.45, 2.75) is 26.1 Å². The zero-order valence-electron chi connectivity index (χ0n) is 9.45. The first-order valence-corrected chi connectivity index (χ1v) is 8.48. The third kappa shape index (κ3) is 5.86. The Kier molecular flexibility index (Phi) is 4.31. The van der Waals surface area contributed by atoms with Gasteiger partial charge in [0.2, 0.25) is 0 Å². The smallest absolute Gasteiger partial charge is 0.316 e. The van der Waals surface area contributed by atoms with Crippen molar-refractivity contribution in [1.29, 1.82) is 0 Å². The Labute approximate surface area is 91.9 Å². The van der Waals surface area contributed by atoms with Crippen LogP contribution in [0.15, 0.2) is 18.5 Å². The summed E-state index contributed by atoms with van der Waals surface area (Å²) in [4.78, 5) is 7.90. The Hall–Kier alpha value is -1.34. The van der Waals surface area contributed by atoms with Gasteiger partial charge >= 0.3 is 6.01 Å². The third-order valence-electron chi connectivity index (χ3n) is 1.46. The van der Waals surface area contributed by atoms with Crippen LogP contribution in [0.5, 0.6) is 6.01 Å². The van der Waals surface area contributed by atoms with Crippen molar-refractivity contribution in [1.82, 2.24) is 9.97 Å². The van der Waals surface area contributed by atoms with E-state index in [1.807, 2.05) is 0 Å². The molecule has 3 nitrogen and oxygen atoms in total. The highest BCUT2D eigenvalue weighted by Crippen LogP contribution is 1.99. The van der Waals surface area contributed by atoms with Gasteiger partial charge in [-0.2, -0.15) is 0 Å². The molecule has 0 N–H and O–H groups in total. The van der Waals surface area contributed by atoms with Gasteiger partial charge in [-0.15, -0.1) is 11.5 Å². The Morgan fingerprint density at radius 2 is 1.93 bits per heavy atom. The van der Waals surface area contributed by atoms with Crippen molar-refractivity contribution in [2.24, 2.45) is 0 Å². The van der Waals surface area contributed by atoms with E-state index in [0.29, 0.717) is 12.6 Å². The molecule has 0 atom stereocenters. The second-order valence-electron chi connectivity index (χ2n) is 4.18. The lowest BCUT2D eigenvalue weighted by Gasteiger charge is -2.03. The maximum atomic E-state index is 5.31. The number of aromatic nitrogens is 2. The lowest BCUT2D eigenvalue weighted by atomic mass is 10.5. The van der Waals surface area contributed by atoms with Gasteiger partial charge in [-0.1, -0.05) is 19.6 Å². The van der Waals surface area contributed by atoms with Crippen LogP contribution in [-0.2, 0) is 0 Å². The Morgan fingerprint density at radius 3 is 2.53 bits per heavy atom. The van der Waals surface area contributed by atoms with Crippen molar-refractivity contribution < 1.29 is 4.74 Å². The molecule has 4 heteroatoms. The van der Waals surface area contributed by atoms with Gasteiger partial charge in [0.25, 0.3) is 0 Å². The molecule has 0 aliphatic rings. The number of rotatable bonds is 3. The number of hydrogen-bond donors (Lipinski definition) is 0. The van der Waals surface area contributed by atoms with E-state index < -0.39 is 8.07 Å². The summed E-state index contributed by atoms with van der Waals surface area (Å²) in [5, 5.41) is 0. The minimum atomic E-state index is -1.23. The molecule has 80 valence electrons. The van der Waals surface area contributed by atoms with Gasteiger partial charge in [0.1, 0.15) is 14.7 Å². The van der Waals surface area contributed by atoms with E-state index in [4.69, 9.17) is 4.74 Å². The van der Waals surface area contributed by atoms with E-state index in [2.05, 4.69) is 41.1 Å². The summed E-state index contributed by atoms with van der Waals surface area (Å²) in [5.74, 6) is 3.13. The van der Waals surface area contributed by atoms with Crippen molar-refractivity contribution in [3.63, 3.8) is 0 Å². The highest BCUT2D eigenvalue weighted by molar-refractivity contribution is 6.83. The van der Waals surface area contributed by atoms with Crippen LogP contribution in [0.3, 0.4) is 0 Å². The molecular weight excluding hydrogens is 204 g/mol. The van der Waals surface area contributed by atoms with E-state index >= 15 is 0 Å². The van der Waals surface area contributed by atoms with Crippen LogP contribution < -0.4 is 4.74 Å². The summed E-state index contributed by atoms with van der Waals surface area (Å²) in [7, 11) is -1.23. The Morgan fingerprint density at radius 1 is 1.27 bits per heavy atom. The summed E-state index contributed by atoms with van der Waals surface area (Å²) in [6, 6.07) is 2.19. The highest BCUT2D eigenvalue weighted by atomic mass is 28.3. The van der Waals surface area contributed by atoms with Gasteiger partial charge in [-0.3, -0.25) is 0 Å². The maximum Gasteiger partial charge on any atom is 0.316 e. The average Bonchev–Trinajstić information content (AvgIpc) is 2.17. The summed E-state index contributed by atoms with van der Waals surface area (Å²) in [5.41, 5.74) is 3.28. The van der Waals surface area contributed by atoms with Crippen LogP contribution in [0, 0.1) is 11.5 Å². The van der Waals surface area contributed by atoms with E-state index in [1.165, 1.54) is 0 Å². The highest BCUT2D eigenvalue weighted by Gasteiger charge is 2.06. The predicted octanol–water partition coefficient (Wildman–Crippen LogP) is 2.13. The van der Waals surface area contributed by atoms with Gasteiger partial charge < -0.3 is 4.74 Å². The summed E-state index contributed by atoms with van der Waals surface area (Å²) in [6.07, 6.45) is 4.06. The predicted molar refractivity (Wildman–Crippen MR) is 63.3 cm³/mol. The molecule has 0 unspecified atom stereocenters. The van der Waals surface area contributed by atoms with Crippen molar-refractivity contribution in [2.75, 3.05) is 6.61 Å². The quantitative estimate of drug-likeness (QED) is 0.444. The monoisotopic (exact) mass is 220 g/mol. The minimum absolute atomic E-state index is 0.423. The number of hydrogen-bond acceptors (Lipinski definition) is 3. The molecule has 0 radical (unpaired) electrons. The van der Waals surface area contributed by atoms with Gasteiger partial charge in [-0.25, -0.2) is 9.97 Å². The minimum Gasteiger partial charge on any atom is -0.462 e. The summed E-state index contributed by atoms with van der Waals surface area (Å²) in [6.45, 7) is 7.23. The molecule has 0 saturated heterocycles. The fraction of sp³-hybridized carbons (Fsp3) is 0.455. The van der Waals surface area contributed by atoms with Crippen LogP contribution in [0.1, 0.15) is 6.42 Å². The first-order chi connectivity index (χ1) is 7.08. The van der Waals surface area contributed by atoms with Gasteiger partial charge in [-0.05, 0) is 6.07 Å². The van der Waals surface area contributed by atoms with E-state index in [-0.39, 0.29) is 0 Å². The molecule has 0 spiro atoms. The molecule has 1 heterocycles. The van der Waals surface area contributed by atoms with Gasteiger partial charge in [0, 0.05) is 18.8 Å². The number of nitrogens with zero attached hydrogens (tertiary/aromatic N) is 2. The first-order valence-electron chi connectivity index (χ1n) is 4.98. The van der Waals surface area contributed by atoms with E-state index in [9.17, 15) is 0 Å². The molecule has 0 saturated carbocycles. The van der Waals surface area contributed by atoms with Gasteiger partial charge in [0.05, 0.1) is 0 Å². The second kappa shape index (κ2) is 5.52. The van der Waals surface area contributed by atoms with Crippen molar-refractivity contribution in [3.05, 3.63) is 18.5 Å². The molecule has 1 aromatic rings. The third-order valence-corrected chi connectivity index (χ3v) is 2.39.